The number of amides is 1. The van der Waals surface area contributed by atoms with Crippen LogP contribution < -0.4 is 5.32 Å². The van der Waals surface area contributed by atoms with Gasteiger partial charge in [-0.15, -0.1) is 0 Å². The molecule has 6 heteroatoms. The minimum Gasteiger partial charge on any atom is -0.460 e. The summed E-state index contributed by atoms with van der Waals surface area (Å²) < 4.78 is 5.09. The van der Waals surface area contributed by atoms with Crippen molar-refractivity contribution in [2.75, 3.05) is 6.61 Å². The summed E-state index contributed by atoms with van der Waals surface area (Å²) in [7, 11) is 0. The van der Waals surface area contributed by atoms with Crippen molar-refractivity contribution < 1.29 is 23.9 Å². The van der Waals surface area contributed by atoms with Gasteiger partial charge in [0.25, 0.3) is 0 Å². The van der Waals surface area contributed by atoms with Gasteiger partial charge in [0, 0.05) is 19.3 Å². The molecule has 0 radical (unpaired) electrons. The lowest BCUT2D eigenvalue weighted by atomic mass is 10.1. The topological polar surface area (TPSA) is 89.5 Å². The highest BCUT2D eigenvalue weighted by atomic mass is 16.5. The Morgan fingerprint density at radius 2 is 2.00 bits per heavy atom. The molecule has 0 unspecified atom stereocenters. The largest absolute Gasteiger partial charge is 0.460 e. The molecule has 1 amide bonds. The molecule has 1 aliphatic rings. The molecule has 23 heavy (non-hydrogen) atoms. The van der Waals surface area contributed by atoms with Crippen LogP contribution in [0.3, 0.4) is 0 Å². The first-order valence-electron chi connectivity index (χ1n) is 8.11. The van der Waals surface area contributed by atoms with Gasteiger partial charge in [0.2, 0.25) is 11.7 Å². The number of Topliss-reactive ketones (excluding diaryl/α,β-unsaturated/α-hetero) is 2. The standard InChI is InChI=1S/C17H25NO5/c1-3-4-5-6-14(19)15(20)9-7-12(2)11-23-17(22)13-8-10-16(21)18-13/h7,13H,3-6,8-11H2,1-2H3,(H,18,21)/t13-/m0/s1. The smallest absolute Gasteiger partial charge is 0.328 e. The Labute approximate surface area is 136 Å². The SMILES string of the molecule is CCCCCC(=O)C(=O)CC=C(C)COC(=O)[C@@H]1CCC(=O)N1. The first-order valence-corrected chi connectivity index (χ1v) is 8.11. The van der Waals surface area contributed by atoms with Gasteiger partial charge in [-0.05, 0) is 25.3 Å². The van der Waals surface area contributed by atoms with Crippen LogP contribution in [0.1, 0.15) is 58.8 Å². The van der Waals surface area contributed by atoms with Crippen molar-refractivity contribution in [3.05, 3.63) is 11.6 Å². The van der Waals surface area contributed by atoms with Gasteiger partial charge in [0.15, 0.2) is 5.78 Å². The molecule has 0 aromatic heterocycles. The molecule has 128 valence electrons. The second-order valence-corrected chi connectivity index (χ2v) is 5.82. The van der Waals surface area contributed by atoms with Gasteiger partial charge in [-0.1, -0.05) is 25.8 Å². The number of carbonyl (C=O) groups excluding carboxylic acids is 4. The summed E-state index contributed by atoms with van der Waals surface area (Å²) in [5.41, 5.74) is 0.706. The first kappa shape index (κ1) is 19.1. The fraction of sp³-hybridized carbons (Fsp3) is 0.647. The van der Waals surface area contributed by atoms with Crippen molar-refractivity contribution in [3.8, 4) is 0 Å². The third-order valence-electron chi connectivity index (χ3n) is 3.68. The first-order chi connectivity index (χ1) is 10.9. The van der Waals surface area contributed by atoms with Crippen LogP contribution in [0.25, 0.3) is 0 Å². The Hall–Kier alpha value is -1.98. The summed E-state index contributed by atoms with van der Waals surface area (Å²) >= 11 is 0. The Morgan fingerprint density at radius 1 is 1.26 bits per heavy atom. The predicted octanol–water partition coefficient (Wildman–Crippen LogP) is 1.86. The molecule has 1 rings (SSSR count). The average Bonchev–Trinajstić information content (AvgIpc) is 2.96. The van der Waals surface area contributed by atoms with Crippen LogP contribution in [0.5, 0.6) is 0 Å². The van der Waals surface area contributed by atoms with Gasteiger partial charge in [-0.25, -0.2) is 4.79 Å². The summed E-state index contributed by atoms with van der Waals surface area (Å²) in [5.74, 6) is -1.36. The summed E-state index contributed by atoms with van der Waals surface area (Å²) in [6.45, 7) is 3.83. The Kier molecular flexibility index (Phi) is 8.22. The van der Waals surface area contributed by atoms with Crippen LogP contribution in [0.4, 0.5) is 0 Å². The second-order valence-electron chi connectivity index (χ2n) is 5.82. The van der Waals surface area contributed by atoms with Crippen LogP contribution in [0.2, 0.25) is 0 Å². The van der Waals surface area contributed by atoms with Crippen LogP contribution in [0.15, 0.2) is 11.6 Å². The number of allylic oxidation sites excluding steroid dienone is 1. The van der Waals surface area contributed by atoms with E-state index in [4.69, 9.17) is 4.74 Å². The van der Waals surface area contributed by atoms with Crippen LogP contribution >= 0.6 is 0 Å². The second kappa shape index (κ2) is 9.92. The minimum absolute atomic E-state index is 0.0362. The van der Waals surface area contributed by atoms with E-state index in [1.54, 1.807) is 13.0 Å². The molecule has 0 bridgehead atoms. The summed E-state index contributed by atoms with van der Waals surface area (Å²) in [6, 6.07) is -0.572. The third kappa shape index (κ3) is 7.21. The maximum atomic E-state index is 11.7. The van der Waals surface area contributed by atoms with Gasteiger partial charge in [-0.2, -0.15) is 0 Å². The average molecular weight is 323 g/mol. The van der Waals surface area contributed by atoms with Gasteiger partial charge < -0.3 is 10.1 Å². The van der Waals surface area contributed by atoms with E-state index < -0.39 is 17.8 Å². The molecule has 1 heterocycles. The predicted molar refractivity (Wildman–Crippen MR) is 84.7 cm³/mol. The summed E-state index contributed by atoms with van der Waals surface area (Å²) in [4.78, 5) is 46.0. The number of esters is 1. The van der Waals surface area contributed by atoms with Crippen molar-refractivity contribution >= 4 is 23.4 Å². The van der Waals surface area contributed by atoms with Gasteiger partial charge in [0.1, 0.15) is 12.6 Å². The van der Waals surface area contributed by atoms with Crippen LogP contribution in [-0.4, -0.2) is 36.1 Å². The fourth-order valence-corrected chi connectivity index (χ4v) is 2.19. The highest BCUT2D eigenvalue weighted by molar-refractivity contribution is 6.37. The normalized spacial score (nSPS) is 17.7. The number of hydrogen-bond acceptors (Lipinski definition) is 5. The van der Waals surface area contributed by atoms with E-state index in [9.17, 15) is 19.2 Å². The number of rotatable bonds is 10. The Bertz CT molecular complexity index is 495. The quantitative estimate of drug-likeness (QED) is 0.287. The Balaban J connectivity index is 2.28. The molecule has 6 nitrogen and oxygen atoms in total. The zero-order chi connectivity index (χ0) is 17.2. The highest BCUT2D eigenvalue weighted by Gasteiger charge is 2.28. The number of ketones is 2. The van der Waals surface area contributed by atoms with Gasteiger partial charge in [0.05, 0.1) is 0 Å². The maximum Gasteiger partial charge on any atom is 0.328 e. The molecule has 0 spiro atoms. The lowest BCUT2D eigenvalue weighted by molar-refractivity contribution is -0.145. The number of ether oxygens (including phenoxy) is 1. The van der Waals surface area contributed by atoms with E-state index in [0.717, 1.165) is 19.3 Å². The molecule has 0 saturated carbocycles. The minimum atomic E-state index is -0.572. The van der Waals surface area contributed by atoms with E-state index in [1.807, 2.05) is 6.92 Å². The zero-order valence-electron chi connectivity index (χ0n) is 13.9. The van der Waals surface area contributed by atoms with Crippen molar-refractivity contribution in [1.82, 2.24) is 5.32 Å². The number of nitrogens with one attached hydrogen (secondary N) is 1. The van der Waals surface area contributed by atoms with Gasteiger partial charge >= 0.3 is 5.97 Å². The number of unbranched alkanes of at least 4 members (excludes halogenated alkanes) is 2. The van der Waals surface area contributed by atoms with E-state index in [-0.39, 0.29) is 24.7 Å². The molecular weight excluding hydrogens is 298 g/mol. The molecule has 1 saturated heterocycles. The zero-order valence-corrected chi connectivity index (χ0v) is 13.9. The lowest BCUT2D eigenvalue weighted by Crippen LogP contribution is -2.34. The van der Waals surface area contributed by atoms with Gasteiger partial charge in [-0.3, -0.25) is 14.4 Å². The molecule has 0 aromatic rings. The molecule has 1 atom stereocenters. The lowest BCUT2D eigenvalue weighted by Gasteiger charge is -2.10. The van der Waals surface area contributed by atoms with Crippen LogP contribution in [-0.2, 0) is 23.9 Å². The molecule has 1 aliphatic heterocycles. The summed E-state index contributed by atoms with van der Waals surface area (Å²) in [6.07, 6.45) is 5.43. The summed E-state index contributed by atoms with van der Waals surface area (Å²) in [5, 5.41) is 2.54. The molecular formula is C17H25NO5. The molecule has 1 fully saturated rings. The third-order valence-corrected chi connectivity index (χ3v) is 3.68. The Morgan fingerprint density at radius 3 is 2.61 bits per heavy atom. The highest BCUT2D eigenvalue weighted by Crippen LogP contribution is 2.09. The van der Waals surface area contributed by atoms with Crippen molar-refractivity contribution in [2.45, 2.75) is 64.8 Å². The van der Waals surface area contributed by atoms with E-state index in [0.29, 0.717) is 24.8 Å². The van der Waals surface area contributed by atoms with E-state index in [2.05, 4.69) is 5.32 Å². The monoisotopic (exact) mass is 323 g/mol. The van der Waals surface area contributed by atoms with Crippen molar-refractivity contribution in [2.24, 2.45) is 0 Å². The molecule has 1 N–H and O–H groups in total. The molecule has 0 aromatic carbocycles. The number of hydrogen-bond donors (Lipinski definition) is 1. The van der Waals surface area contributed by atoms with Crippen molar-refractivity contribution in [3.63, 3.8) is 0 Å². The maximum absolute atomic E-state index is 11.7. The molecule has 0 aliphatic carbocycles. The van der Waals surface area contributed by atoms with E-state index in [1.165, 1.54) is 0 Å². The van der Waals surface area contributed by atoms with E-state index >= 15 is 0 Å². The van der Waals surface area contributed by atoms with Crippen molar-refractivity contribution in [1.29, 1.82) is 0 Å². The van der Waals surface area contributed by atoms with Crippen LogP contribution in [0, 0.1) is 0 Å². The fourth-order valence-electron chi connectivity index (χ4n) is 2.19. The number of carbonyl (C=O) groups is 4.